The van der Waals surface area contributed by atoms with E-state index in [9.17, 15) is 0 Å². The summed E-state index contributed by atoms with van der Waals surface area (Å²) in [5.74, 6) is 1.73. The lowest BCUT2D eigenvalue weighted by Crippen LogP contribution is -2.22. The van der Waals surface area contributed by atoms with Crippen LogP contribution in [0.2, 0.25) is 0 Å². The highest BCUT2D eigenvalue weighted by Crippen LogP contribution is 2.25. The highest BCUT2D eigenvalue weighted by Gasteiger charge is 2.15. The van der Waals surface area contributed by atoms with Crippen LogP contribution in [0.3, 0.4) is 0 Å². The fourth-order valence-corrected chi connectivity index (χ4v) is 3.45. The van der Waals surface area contributed by atoms with Crippen LogP contribution in [-0.2, 0) is 0 Å². The second kappa shape index (κ2) is 8.13. The second-order valence-electron chi connectivity index (χ2n) is 6.60. The van der Waals surface area contributed by atoms with Crippen LogP contribution in [0.25, 0.3) is 0 Å². The minimum absolute atomic E-state index is 0.508. The quantitative estimate of drug-likeness (QED) is 0.779. The monoisotopic (exact) mass is 324 g/mol. The third kappa shape index (κ3) is 4.25. The summed E-state index contributed by atoms with van der Waals surface area (Å²) >= 11 is 0. The van der Waals surface area contributed by atoms with E-state index in [-0.39, 0.29) is 0 Å². The van der Waals surface area contributed by atoms with Gasteiger partial charge in [0.05, 0.1) is 0 Å². The zero-order valence-electron chi connectivity index (χ0n) is 14.8. The minimum Gasteiger partial charge on any atom is -0.351 e. The summed E-state index contributed by atoms with van der Waals surface area (Å²) in [5, 5.41) is 3.58. The lowest BCUT2D eigenvalue weighted by Gasteiger charge is -2.24. The molecule has 3 rings (SSSR count). The number of aromatic nitrogens is 2. The van der Waals surface area contributed by atoms with Crippen LogP contribution < -0.4 is 10.2 Å². The summed E-state index contributed by atoms with van der Waals surface area (Å²) in [7, 11) is 0. The van der Waals surface area contributed by atoms with Crippen molar-refractivity contribution >= 4 is 17.5 Å². The van der Waals surface area contributed by atoms with Crippen molar-refractivity contribution in [1.29, 1.82) is 0 Å². The van der Waals surface area contributed by atoms with Gasteiger partial charge in [0.15, 0.2) is 0 Å². The molecular formula is C20H28N4. The Balaban J connectivity index is 1.82. The number of hydrogen-bond acceptors (Lipinski definition) is 4. The number of aryl methyl sites for hydroxylation is 1. The molecule has 2 aromatic rings. The van der Waals surface area contributed by atoms with E-state index < -0.39 is 0 Å². The van der Waals surface area contributed by atoms with Crippen LogP contribution in [0.5, 0.6) is 0 Å². The molecule has 1 aromatic carbocycles. The molecule has 1 aliphatic rings. The van der Waals surface area contributed by atoms with Crippen LogP contribution in [0.4, 0.5) is 17.5 Å². The van der Waals surface area contributed by atoms with Gasteiger partial charge >= 0.3 is 0 Å². The first-order valence-electron chi connectivity index (χ1n) is 9.21. The molecule has 0 bridgehead atoms. The molecule has 0 unspecified atom stereocenters. The Kier molecular flexibility index (Phi) is 5.68. The molecule has 1 N–H and O–H groups in total. The van der Waals surface area contributed by atoms with E-state index in [1.165, 1.54) is 44.2 Å². The number of para-hydroxylation sites is 1. The molecule has 24 heavy (non-hydrogen) atoms. The Morgan fingerprint density at radius 2 is 1.75 bits per heavy atom. The number of benzene rings is 1. The third-order valence-corrected chi connectivity index (χ3v) is 4.69. The van der Waals surface area contributed by atoms with Gasteiger partial charge in [-0.3, -0.25) is 0 Å². The molecule has 1 aliphatic carbocycles. The van der Waals surface area contributed by atoms with Crippen molar-refractivity contribution in [1.82, 2.24) is 9.97 Å². The molecular weight excluding hydrogens is 296 g/mol. The van der Waals surface area contributed by atoms with Crippen LogP contribution in [-0.4, -0.2) is 22.6 Å². The smallest absolute Gasteiger partial charge is 0.225 e. The molecule has 1 saturated carbocycles. The maximum atomic E-state index is 4.81. The van der Waals surface area contributed by atoms with Crippen molar-refractivity contribution in [3.63, 3.8) is 0 Å². The van der Waals surface area contributed by atoms with Crippen molar-refractivity contribution in [2.45, 2.75) is 58.4 Å². The lowest BCUT2D eigenvalue weighted by atomic mass is 10.1. The first-order chi connectivity index (χ1) is 11.8. The molecule has 1 heterocycles. The van der Waals surface area contributed by atoms with Gasteiger partial charge in [0.1, 0.15) is 5.82 Å². The Morgan fingerprint density at radius 1 is 1.04 bits per heavy atom. The Bertz CT molecular complexity index is 633. The molecule has 0 saturated heterocycles. The maximum Gasteiger partial charge on any atom is 0.225 e. The molecule has 0 radical (unpaired) electrons. The van der Waals surface area contributed by atoms with Crippen molar-refractivity contribution in [2.24, 2.45) is 0 Å². The van der Waals surface area contributed by atoms with Crippen LogP contribution in [0.15, 0.2) is 36.4 Å². The normalized spacial score (nSPS) is 15.8. The van der Waals surface area contributed by atoms with Gasteiger partial charge in [-0.05, 0) is 38.8 Å². The van der Waals surface area contributed by atoms with E-state index in [4.69, 9.17) is 4.98 Å². The number of nitrogens with zero attached hydrogens (tertiary/aromatic N) is 3. The van der Waals surface area contributed by atoms with E-state index in [1.807, 2.05) is 13.0 Å². The summed E-state index contributed by atoms with van der Waals surface area (Å²) in [6.45, 7) is 5.08. The summed E-state index contributed by atoms with van der Waals surface area (Å²) in [5.41, 5.74) is 2.17. The molecule has 1 fully saturated rings. The average Bonchev–Trinajstić information content (AvgIpc) is 2.85. The highest BCUT2D eigenvalue weighted by atomic mass is 15.2. The first kappa shape index (κ1) is 16.7. The van der Waals surface area contributed by atoms with E-state index in [0.29, 0.717) is 6.04 Å². The van der Waals surface area contributed by atoms with E-state index in [2.05, 4.69) is 52.5 Å². The van der Waals surface area contributed by atoms with Gasteiger partial charge in [-0.15, -0.1) is 0 Å². The zero-order chi connectivity index (χ0) is 16.8. The SMILES string of the molecule is CCN(c1ccccc1)c1cc(C)nc(NC2CCCCCC2)n1. The van der Waals surface area contributed by atoms with Crippen LogP contribution >= 0.6 is 0 Å². The highest BCUT2D eigenvalue weighted by molar-refractivity contribution is 5.61. The van der Waals surface area contributed by atoms with E-state index >= 15 is 0 Å². The van der Waals surface area contributed by atoms with Gasteiger partial charge in [-0.1, -0.05) is 43.9 Å². The van der Waals surface area contributed by atoms with Crippen molar-refractivity contribution < 1.29 is 0 Å². The number of hydrogen-bond donors (Lipinski definition) is 1. The van der Waals surface area contributed by atoms with Crippen LogP contribution in [0, 0.1) is 6.92 Å². The molecule has 0 amide bonds. The third-order valence-electron chi connectivity index (χ3n) is 4.69. The molecule has 0 spiro atoms. The molecule has 0 atom stereocenters. The van der Waals surface area contributed by atoms with Gasteiger partial charge in [0.2, 0.25) is 5.95 Å². The van der Waals surface area contributed by atoms with Gasteiger partial charge in [0, 0.05) is 30.0 Å². The molecule has 1 aromatic heterocycles. The van der Waals surface area contributed by atoms with Crippen molar-refractivity contribution in [3.8, 4) is 0 Å². The standard InChI is InChI=1S/C20H28N4/c1-3-24(18-13-9-6-10-14-18)19-15-16(2)21-20(23-19)22-17-11-7-4-5-8-12-17/h6,9-10,13-15,17H,3-5,7-8,11-12H2,1-2H3,(H,21,22,23). The maximum absolute atomic E-state index is 4.81. The average molecular weight is 324 g/mol. The predicted molar refractivity (Wildman–Crippen MR) is 101 cm³/mol. The summed E-state index contributed by atoms with van der Waals surface area (Å²) in [6.07, 6.45) is 7.78. The molecule has 128 valence electrons. The molecule has 4 nitrogen and oxygen atoms in total. The number of nitrogens with one attached hydrogen (secondary N) is 1. The van der Waals surface area contributed by atoms with Crippen molar-refractivity contribution in [2.75, 3.05) is 16.8 Å². The predicted octanol–water partition coefficient (Wildman–Crippen LogP) is 5.08. The van der Waals surface area contributed by atoms with Crippen molar-refractivity contribution in [3.05, 3.63) is 42.1 Å². The largest absolute Gasteiger partial charge is 0.351 e. The Morgan fingerprint density at radius 3 is 2.42 bits per heavy atom. The zero-order valence-corrected chi connectivity index (χ0v) is 14.8. The molecule has 0 aliphatic heterocycles. The minimum atomic E-state index is 0.508. The Labute approximate surface area is 145 Å². The van der Waals surface area contributed by atoms with E-state index in [0.717, 1.165) is 24.0 Å². The fraction of sp³-hybridized carbons (Fsp3) is 0.500. The summed E-state index contributed by atoms with van der Waals surface area (Å²) in [6, 6.07) is 13.0. The van der Waals surface area contributed by atoms with Gasteiger partial charge in [-0.2, -0.15) is 4.98 Å². The second-order valence-corrected chi connectivity index (χ2v) is 6.60. The lowest BCUT2D eigenvalue weighted by molar-refractivity contribution is 0.614. The Hall–Kier alpha value is -2.10. The summed E-state index contributed by atoms with van der Waals surface area (Å²) < 4.78 is 0. The fourth-order valence-electron chi connectivity index (χ4n) is 3.45. The summed E-state index contributed by atoms with van der Waals surface area (Å²) in [4.78, 5) is 11.7. The van der Waals surface area contributed by atoms with Crippen LogP contribution in [0.1, 0.15) is 51.1 Å². The van der Waals surface area contributed by atoms with E-state index in [1.54, 1.807) is 0 Å². The molecule has 4 heteroatoms. The van der Waals surface area contributed by atoms with Gasteiger partial charge in [-0.25, -0.2) is 4.98 Å². The number of anilines is 3. The topological polar surface area (TPSA) is 41.1 Å². The first-order valence-corrected chi connectivity index (χ1v) is 9.21. The number of rotatable bonds is 5. The van der Waals surface area contributed by atoms with Gasteiger partial charge in [0.25, 0.3) is 0 Å². The van der Waals surface area contributed by atoms with Gasteiger partial charge < -0.3 is 10.2 Å².